The molecule has 1 heterocycles. The minimum Gasteiger partial charge on any atom is -0.497 e. The Morgan fingerprint density at radius 3 is 1.88 bits per heavy atom. The summed E-state index contributed by atoms with van der Waals surface area (Å²) in [4.78, 5) is 28.6. The fourth-order valence-electron chi connectivity index (χ4n) is 5.08. The van der Waals surface area contributed by atoms with Crippen molar-refractivity contribution in [3.8, 4) is 11.5 Å². The van der Waals surface area contributed by atoms with E-state index in [9.17, 15) is 18.0 Å². The normalized spacial score (nSPS) is 14.2. The van der Waals surface area contributed by atoms with Crippen molar-refractivity contribution < 1.29 is 27.5 Å². The van der Waals surface area contributed by atoms with Crippen molar-refractivity contribution in [3.63, 3.8) is 0 Å². The molecule has 0 radical (unpaired) electrons. The largest absolute Gasteiger partial charge is 0.497 e. The molecule has 3 aromatic rings. The van der Waals surface area contributed by atoms with Crippen molar-refractivity contribution >= 4 is 21.8 Å². The molecule has 0 spiro atoms. The van der Waals surface area contributed by atoms with Crippen LogP contribution in [0.1, 0.15) is 42.9 Å². The van der Waals surface area contributed by atoms with Gasteiger partial charge in [0.05, 0.1) is 19.1 Å². The van der Waals surface area contributed by atoms with Gasteiger partial charge in [0.25, 0.3) is 0 Å². The molecule has 1 saturated heterocycles. The van der Waals surface area contributed by atoms with E-state index in [0.29, 0.717) is 38.2 Å². The number of benzene rings is 3. The number of ether oxygens (including phenoxy) is 2. The highest BCUT2D eigenvalue weighted by atomic mass is 32.2. The van der Waals surface area contributed by atoms with E-state index in [-0.39, 0.29) is 29.7 Å². The summed E-state index contributed by atoms with van der Waals surface area (Å²) in [7, 11) is -0.276. The number of aryl methyl sites for hydroxylation is 1. The number of nitrogens with one attached hydrogen (secondary N) is 1. The van der Waals surface area contributed by atoms with E-state index in [2.05, 4.69) is 5.32 Å². The number of carbonyl (C=O) groups is 2. The first kappa shape index (κ1) is 32.0. The van der Waals surface area contributed by atoms with E-state index in [1.54, 1.807) is 50.3 Å². The zero-order valence-corrected chi connectivity index (χ0v) is 25.9. The third-order valence-corrected chi connectivity index (χ3v) is 9.72. The van der Waals surface area contributed by atoms with Gasteiger partial charge < -0.3 is 19.7 Å². The SMILES string of the molecule is COc1ccc(CCNC(=O)[C@H](C)N(Cc2ccc(OC)cc2)C(=O)CCc2ccc(S(=O)(=O)N3CCCC3)cc2)cc1. The molecule has 1 fully saturated rings. The van der Waals surface area contributed by atoms with Crippen LogP contribution in [0.3, 0.4) is 0 Å². The van der Waals surface area contributed by atoms with Crippen molar-refractivity contribution in [2.45, 2.75) is 56.5 Å². The first-order valence-corrected chi connectivity index (χ1v) is 16.1. The second kappa shape index (κ2) is 15.0. The first-order valence-electron chi connectivity index (χ1n) is 14.6. The number of methoxy groups -OCH3 is 2. The van der Waals surface area contributed by atoms with Gasteiger partial charge in [0.1, 0.15) is 17.5 Å². The van der Waals surface area contributed by atoms with Crippen LogP contribution in [0.5, 0.6) is 11.5 Å². The van der Waals surface area contributed by atoms with Crippen LogP contribution in [0.2, 0.25) is 0 Å². The van der Waals surface area contributed by atoms with Crippen LogP contribution in [0.4, 0.5) is 0 Å². The minimum absolute atomic E-state index is 0.164. The second-order valence-corrected chi connectivity index (χ2v) is 12.6. The molecular weight excluding hydrogens is 566 g/mol. The number of rotatable bonds is 14. The van der Waals surface area contributed by atoms with Gasteiger partial charge in [0.15, 0.2) is 0 Å². The lowest BCUT2D eigenvalue weighted by Crippen LogP contribution is -2.48. The lowest BCUT2D eigenvalue weighted by Gasteiger charge is -2.29. The maximum Gasteiger partial charge on any atom is 0.243 e. The molecule has 1 N–H and O–H groups in total. The molecule has 1 aliphatic rings. The van der Waals surface area contributed by atoms with Crippen LogP contribution in [-0.4, -0.2) is 69.3 Å². The van der Waals surface area contributed by atoms with E-state index in [1.165, 1.54) is 4.31 Å². The fraction of sp³-hybridized carbons (Fsp3) is 0.394. The highest BCUT2D eigenvalue weighted by Crippen LogP contribution is 2.22. The molecule has 0 bridgehead atoms. The van der Waals surface area contributed by atoms with E-state index in [4.69, 9.17) is 9.47 Å². The summed E-state index contributed by atoms with van der Waals surface area (Å²) in [6.07, 6.45) is 3.02. The summed E-state index contributed by atoms with van der Waals surface area (Å²) in [5, 5.41) is 2.97. The maximum atomic E-state index is 13.6. The van der Waals surface area contributed by atoms with E-state index in [0.717, 1.165) is 35.3 Å². The number of nitrogens with zero attached hydrogens (tertiary/aromatic N) is 2. The highest BCUT2D eigenvalue weighted by Gasteiger charge is 2.28. The molecule has 0 unspecified atom stereocenters. The van der Waals surface area contributed by atoms with Crippen LogP contribution in [0.15, 0.2) is 77.7 Å². The van der Waals surface area contributed by atoms with Gasteiger partial charge in [0, 0.05) is 32.6 Å². The Labute approximate surface area is 254 Å². The van der Waals surface area contributed by atoms with Gasteiger partial charge >= 0.3 is 0 Å². The van der Waals surface area contributed by atoms with Gasteiger partial charge in [-0.2, -0.15) is 4.31 Å². The Morgan fingerprint density at radius 2 is 1.33 bits per heavy atom. The number of carbonyl (C=O) groups excluding carboxylic acids is 2. The van der Waals surface area contributed by atoms with Gasteiger partial charge in [-0.15, -0.1) is 0 Å². The summed E-state index contributed by atoms with van der Waals surface area (Å²) in [6, 6.07) is 21.2. The topological polar surface area (TPSA) is 105 Å². The van der Waals surface area contributed by atoms with Gasteiger partial charge in [0.2, 0.25) is 21.8 Å². The van der Waals surface area contributed by atoms with E-state index < -0.39 is 16.1 Å². The number of hydrogen-bond donors (Lipinski definition) is 1. The van der Waals surface area contributed by atoms with Crippen molar-refractivity contribution in [1.29, 1.82) is 0 Å². The summed E-state index contributed by atoms with van der Waals surface area (Å²) >= 11 is 0. The average Bonchev–Trinajstić information content (AvgIpc) is 3.59. The van der Waals surface area contributed by atoms with Crippen molar-refractivity contribution in [2.24, 2.45) is 0 Å². The Balaban J connectivity index is 1.39. The molecule has 1 atom stereocenters. The lowest BCUT2D eigenvalue weighted by molar-refractivity contribution is -0.140. The van der Waals surface area contributed by atoms with Crippen LogP contribution in [0, 0.1) is 0 Å². The molecule has 230 valence electrons. The van der Waals surface area contributed by atoms with Crippen molar-refractivity contribution in [1.82, 2.24) is 14.5 Å². The van der Waals surface area contributed by atoms with Gasteiger partial charge in [-0.1, -0.05) is 36.4 Å². The Hall–Kier alpha value is -3.89. The van der Waals surface area contributed by atoms with Crippen molar-refractivity contribution in [2.75, 3.05) is 33.9 Å². The standard InChI is InChI=1S/C33H41N3O6S/c1-25(33(38)34-21-20-27-6-13-29(41-2)14-7-27)36(24-28-8-15-30(42-3)16-9-28)32(37)19-12-26-10-17-31(18-11-26)43(39,40)35-22-4-5-23-35/h6-11,13-18,25H,4-5,12,19-24H2,1-3H3,(H,34,38)/t25-/m0/s1. The van der Waals surface area contributed by atoms with Gasteiger partial charge in [-0.05, 0) is 85.7 Å². The minimum atomic E-state index is -3.49. The molecule has 1 aliphatic heterocycles. The Morgan fingerprint density at radius 1 is 0.814 bits per heavy atom. The Bertz CT molecular complexity index is 1450. The van der Waals surface area contributed by atoms with Gasteiger partial charge in [-0.3, -0.25) is 9.59 Å². The summed E-state index contributed by atoms with van der Waals surface area (Å²) in [6.45, 7) is 3.55. The van der Waals surface area contributed by atoms with Crippen molar-refractivity contribution in [3.05, 3.63) is 89.5 Å². The zero-order valence-electron chi connectivity index (χ0n) is 25.1. The molecule has 10 heteroatoms. The maximum absolute atomic E-state index is 13.6. The zero-order chi connectivity index (χ0) is 30.8. The molecule has 4 rings (SSSR count). The molecule has 0 aliphatic carbocycles. The van der Waals surface area contributed by atoms with Crippen LogP contribution in [-0.2, 0) is 39.0 Å². The summed E-state index contributed by atoms with van der Waals surface area (Å²) < 4.78 is 37.7. The number of sulfonamides is 1. The van der Waals surface area contributed by atoms with Gasteiger partial charge in [-0.25, -0.2) is 8.42 Å². The third-order valence-electron chi connectivity index (χ3n) is 7.80. The predicted molar refractivity (Wildman–Crippen MR) is 165 cm³/mol. The van der Waals surface area contributed by atoms with Crippen LogP contribution < -0.4 is 14.8 Å². The van der Waals surface area contributed by atoms with E-state index >= 15 is 0 Å². The number of hydrogen-bond acceptors (Lipinski definition) is 6. The van der Waals surface area contributed by atoms with Crippen LogP contribution in [0.25, 0.3) is 0 Å². The molecule has 43 heavy (non-hydrogen) atoms. The quantitative estimate of drug-likeness (QED) is 0.295. The Kier molecular flexibility index (Phi) is 11.2. The molecular formula is C33H41N3O6S. The summed E-state index contributed by atoms with van der Waals surface area (Å²) in [5.41, 5.74) is 2.80. The fourth-order valence-corrected chi connectivity index (χ4v) is 6.60. The second-order valence-electron chi connectivity index (χ2n) is 10.7. The molecule has 0 saturated carbocycles. The molecule has 9 nitrogen and oxygen atoms in total. The molecule has 3 aromatic carbocycles. The highest BCUT2D eigenvalue weighted by molar-refractivity contribution is 7.89. The smallest absolute Gasteiger partial charge is 0.243 e. The number of amides is 2. The predicted octanol–water partition coefficient (Wildman–Crippen LogP) is 4.20. The summed E-state index contributed by atoms with van der Waals surface area (Å²) in [5.74, 6) is 1.09. The first-order chi connectivity index (χ1) is 20.7. The van der Waals surface area contributed by atoms with Crippen LogP contribution >= 0.6 is 0 Å². The van der Waals surface area contributed by atoms with E-state index in [1.807, 2.05) is 48.5 Å². The molecule has 2 amide bonds. The monoisotopic (exact) mass is 607 g/mol. The third kappa shape index (κ3) is 8.58. The molecule has 0 aromatic heterocycles. The lowest BCUT2D eigenvalue weighted by atomic mass is 10.1. The average molecular weight is 608 g/mol.